The summed E-state index contributed by atoms with van der Waals surface area (Å²) in [7, 11) is 0. The minimum atomic E-state index is 0.820. The summed E-state index contributed by atoms with van der Waals surface area (Å²) in [5.41, 5.74) is 2.17. The second-order valence-electron chi connectivity index (χ2n) is 4.06. The number of H-pyrrole nitrogens is 1. The number of hydrogen-bond acceptors (Lipinski definition) is 4. The van der Waals surface area contributed by atoms with Gasteiger partial charge in [-0.1, -0.05) is 5.21 Å². The van der Waals surface area contributed by atoms with Crippen molar-refractivity contribution in [3.05, 3.63) is 42.5 Å². The lowest BCUT2D eigenvalue weighted by molar-refractivity contribution is 0.541. The van der Waals surface area contributed by atoms with Gasteiger partial charge in [-0.05, 0) is 17.7 Å². The van der Waals surface area contributed by atoms with Crippen LogP contribution in [0, 0.1) is 0 Å². The molecule has 0 aliphatic rings. The van der Waals surface area contributed by atoms with Crippen LogP contribution < -0.4 is 5.32 Å². The summed E-state index contributed by atoms with van der Waals surface area (Å²) in [6.45, 7) is 2.50. The highest BCUT2D eigenvalue weighted by Crippen LogP contribution is 2.14. The van der Waals surface area contributed by atoms with Crippen LogP contribution in [0.4, 0.5) is 0 Å². The fraction of sp³-hybridized carbons (Fsp3) is 0.250. The molecule has 3 rings (SSSR count). The Balaban J connectivity index is 1.57. The minimum absolute atomic E-state index is 0.820. The zero-order valence-electron chi connectivity index (χ0n) is 9.87. The molecule has 0 amide bonds. The largest absolute Gasteiger partial charge is 0.346 e. The Morgan fingerprint density at radius 1 is 1.33 bits per heavy atom. The van der Waals surface area contributed by atoms with Crippen molar-refractivity contribution in [1.29, 1.82) is 0 Å². The third-order valence-corrected chi connectivity index (χ3v) is 2.84. The van der Waals surface area contributed by atoms with E-state index < -0.39 is 0 Å². The average Bonchev–Trinajstić information content (AvgIpc) is 3.04. The second kappa shape index (κ2) is 4.97. The zero-order chi connectivity index (χ0) is 12.2. The van der Waals surface area contributed by atoms with Gasteiger partial charge in [0.1, 0.15) is 5.65 Å². The molecule has 92 valence electrons. The van der Waals surface area contributed by atoms with Gasteiger partial charge in [0, 0.05) is 37.1 Å². The van der Waals surface area contributed by atoms with Crippen molar-refractivity contribution in [3.63, 3.8) is 0 Å². The molecule has 0 aliphatic carbocycles. The maximum atomic E-state index is 4.27. The van der Waals surface area contributed by atoms with Crippen molar-refractivity contribution < 1.29 is 0 Å². The van der Waals surface area contributed by atoms with Gasteiger partial charge in [0.05, 0.1) is 12.7 Å². The molecule has 0 aromatic carbocycles. The van der Waals surface area contributed by atoms with Gasteiger partial charge in [-0.25, -0.2) is 4.98 Å². The van der Waals surface area contributed by atoms with Crippen LogP contribution in [0.3, 0.4) is 0 Å². The summed E-state index contributed by atoms with van der Waals surface area (Å²) in [5, 5.41) is 12.2. The summed E-state index contributed by atoms with van der Waals surface area (Å²) in [5.74, 6) is 0. The first-order valence-corrected chi connectivity index (χ1v) is 5.89. The van der Waals surface area contributed by atoms with Crippen molar-refractivity contribution in [2.75, 3.05) is 6.54 Å². The normalized spacial score (nSPS) is 11.1. The second-order valence-corrected chi connectivity index (χ2v) is 4.06. The number of aromatic amines is 1. The van der Waals surface area contributed by atoms with E-state index in [-0.39, 0.29) is 0 Å². The van der Waals surface area contributed by atoms with Crippen LogP contribution in [0.5, 0.6) is 0 Å². The number of nitrogens with zero attached hydrogens (tertiary/aromatic N) is 4. The lowest BCUT2D eigenvalue weighted by atomic mass is 10.2. The molecule has 6 nitrogen and oxygen atoms in total. The van der Waals surface area contributed by atoms with E-state index in [1.54, 1.807) is 12.4 Å². The van der Waals surface area contributed by atoms with Crippen LogP contribution in [0.25, 0.3) is 11.0 Å². The Hall–Kier alpha value is -2.21. The van der Waals surface area contributed by atoms with E-state index in [1.165, 1.54) is 10.9 Å². The lowest BCUT2D eigenvalue weighted by Gasteiger charge is -2.03. The van der Waals surface area contributed by atoms with E-state index in [2.05, 4.69) is 31.7 Å². The van der Waals surface area contributed by atoms with E-state index in [9.17, 15) is 0 Å². The summed E-state index contributed by atoms with van der Waals surface area (Å²) < 4.78 is 1.81. The quantitative estimate of drug-likeness (QED) is 0.653. The molecule has 0 bridgehead atoms. The van der Waals surface area contributed by atoms with Gasteiger partial charge in [-0.15, -0.1) is 5.10 Å². The SMILES string of the molecule is c1cnc2[nH]cc(CNCCn3ccnn3)c2c1. The Labute approximate surface area is 104 Å². The smallest absolute Gasteiger partial charge is 0.137 e. The molecule has 0 unspecified atom stereocenters. The Kier molecular flexibility index (Phi) is 3.01. The number of aromatic nitrogens is 5. The summed E-state index contributed by atoms with van der Waals surface area (Å²) in [4.78, 5) is 7.43. The zero-order valence-corrected chi connectivity index (χ0v) is 9.87. The van der Waals surface area contributed by atoms with Gasteiger partial charge in [0.15, 0.2) is 0 Å². The maximum absolute atomic E-state index is 4.27. The molecule has 0 saturated heterocycles. The minimum Gasteiger partial charge on any atom is -0.346 e. The maximum Gasteiger partial charge on any atom is 0.137 e. The van der Waals surface area contributed by atoms with Crippen LogP contribution in [-0.2, 0) is 13.1 Å². The molecule has 0 spiro atoms. The van der Waals surface area contributed by atoms with Crippen LogP contribution in [0.2, 0.25) is 0 Å². The molecule has 0 aliphatic heterocycles. The van der Waals surface area contributed by atoms with Gasteiger partial charge in [-0.3, -0.25) is 4.68 Å². The first-order chi connectivity index (χ1) is 8.93. The Morgan fingerprint density at radius 2 is 2.33 bits per heavy atom. The van der Waals surface area contributed by atoms with Crippen molar-refractivity contribution in [3.8, 4) is 0 Å². The predicted octanol–water partition coefficient (Wildman–Crippen LogP) is 0.944. The van der Waals surface area contributed by atoms with Gasteiger partial charge in [-0.2, -0.15) is 0 Å². The third-order valence-electron chi connectivity index (χ3n) is 2.84. The summed E-state index contributed by atoms with van der Waals surface area (Å²) in [6.07, 6.45) is 7.34. The van der Waals surface area contributed by atoms with Crippen LogP contribution in [0.15, 0.2) is 36.9 Å². The number of hydrogen-bond donors (Lipinski definition) is 2. The molecule has 0 radical (unpaired) electrons. The number of rotatable bonds is 5. The Morgan fingerprint density at radius 3 is 3.22 bits per heavy atom. The molecule has 0 saturated carbocycles. The molecule has 0 fully saturated rings. The first kappa shape index (κ1) is 10.9. The van der Waals surface area contributed by atoms with Crippen LogP contribution in [-0.4, -0.2) is 31.5 Å². The molecule has 18 heavy (non-hydrogen) atoms. The molecule has 2 N–H and O–H groups in total. The van der Waals surface area contributed by atoms with Crippen molar-refractivity contribution in [2.24, 2.45) is 0 Å². The van der Waals surface area contributed by atoms with Crippen molar-refractivity contribution in [2.45, 2.75) is 13.1 Å². The predicted molar refractivity (Wildman–Crippen MR) is 67.8 cm³/mol. The molecule has 3 aromatic rings. The molecular formula is C12H14N6. The third kappa shape index (κ3) is 2.23. The van der Waals surface area contributed by atoms with Crippen molar-refractivity contribution in [1.82, 2.24) is 30.3 Å². The highest BCUT2D eigenvalue weighted by molar-refractivity contribution is 5.79. The van der Waals surface area contributed by atoms with E-state index in [0.29, 0.717) is 0 Å². The number of pyridine rings is 1. The molecule has 0 atom stereocenters. The molecule has 6 heteroatoms. The van der Waals surface area contributed by atoms with E-state index in [4.69, 9.17) is 0 Å². The number of nitrogens with one attached hydrogen (secondary N) is 2. The standard InChI is InChI=1S/C12H14N6/c1-2-11-10(9-15-12(11)14-3-1)8-13-4-6-18-7-5-16-17-18/h1-3,5,7,9,13H,4,6,8H2,(H,14,15). The van der Waals surface area contributed by atoms with Gasteiger partial charge in [0.25, 0.3) is 0 Å². The lowest BCUT2D eigenvalue weighted by Crippen LogP contribution is -2.19. The highest BCUT2D eigenvalue weighted by atomic mass is 15.4. The topological polar surface area (TPSA) is 71.4 Å². The molecule has 3 aromatic heterocycles. The van der Waals surface area contributed by atoms with E-state index in [0.717, 1.165) is 25.3 Å². The fourth-order valence-corrected chi connectivity index (χ4v) is 1.93. The van der Waals surface area contributed by atoms with E-state index >= 15 is 0 Å². The van der Waals surface area contributed by atoms with Gasteiger partial charge < -0.3 is 10.3 Å². The Bertz CT molecular complexity index is 612. The van der Waals surface area contributed by atoms with Gasteiger partial charge >= 0.3 is 0 Å². The first-order valence-electron chi connectivity index (χ1n) is 5.89. The molecule has 3 heterocycles. The fourth-order valence-electron chi connectivity index (χ4n) is 1.93. The van der Waals surface area contributed by atoms with Gasteiger partial charge in [0.2, 0.25) is 0 Å². The summed E-state index contributed by atoms with van der Waals surface area (Å²) >= 11 is 0. The average molecular weight is 242 g/mol. The van der Waals surface area contributed by atoms with E-state index in [1.807, 2.05) is 23.1 Å². The monoisotopic (exact) mass is 242 g/mol. The summed E-state index contributed by atoms with van der Waals surface area (Å²) in [6, 6.07) is 4.03. The van der Waals surface area contributed by atoms with Crippen LogP contribution >= 0.6 is 0 Å². The number of fused-ring (bicyclic) bond motifs is 1. The molecular weight excluding hydrogens is 228 g/mol. The van der Waals surface area contributed by atoms with Crippen molar-refractivity contribution >= 4 is 11.0 Å². The highest BCUT2D eigenvalue weighted by Gasteiger charge is 2.02. The van der Waals surface area contributed by atoms with Crippen LogP contribution in [0.1, 0.15) is 5.56 Å².